The SMILES string of the molecule is O=C(OCc1ccccc1)N1CCCC1c1[nH]c2cc(Br)ccc2c(=O)c1Cl.O=C(OCc1ccccc1)N1CCCC1c1cc(=O)c2ccc(Br)cc2[nH]1. The molecule has 10 nitrogen and oxygen atoms in total. The molecule has 2 saturated heterocycles. The first-order valence-electron chi connectivity index (χ1n) is 17.9. The number of hydrogen-bond acceptors (Lipinski definition) is 6. The normalized spacial score (nSPS) is 16.6. The van der Waals surface area contributed by atoms with Gasteiger partial charge in [0.25, 0.3) is 0 Å². The zero-order chi connectivity index (χ0) is 38.5. The first-order chi connectivity index (χ1) is 26.7. The zero-order valence-corrected chi connectivity index (χ0v) is 33.5. The molecule has 8 rings (SSSR count). The minimum absolute atomic E-state index is 0.0456. The fourth-order valence-electron chi connectivity index (χ4n) is 7.11. The van der Waals surface area contributed by atoms with E-state index >= 15 is 0 Å². The van der Waals surface area contributed by atoms with Gasteiger partial charge in [-0.2, -0.15) is 0 Å². The van der Waals surface area contributed by atoms with Gasteiger partial charge in [0, 0.05) is 44.6 Å². The van der Waals surface area contributed by atoms with Crippen LogP contribution in [-0.4, -0.2) is 45.0 Å². The van der Waals surface area contributed by atoms with E-state index in [1.807, 2.05) is 78.9 Å². The summed E-state index contributed by atoms with van der Waals surface area (Å²) in [5.74, 6) is 0. The number of carbonyl (C=O) groups excluding carboxylic acids is 2. The number of H-pyrrole nitrogens is 2. The molecular weight excluding hydrogens is 852 g/mol. The first kappa shape index (κ1) is 38.4. The van der Waals surface area contributed by atoms with Crippen molar-refractivity contribution in [1.82, 2.24) is 19.8 Å². The molecule has 0 bridgehead atoms. The van der Waals surface area contributed by atoms with Crippen molar-refractivity contribution in [3.63, 3.8) is 0 Å². The molecule has 4 heterocycles. The molecule has 2 amide bonds. The molecule has 2 unspecified atom stereocenters. The Morgan fingerprint density at radius 1 is 0.673 bits per heavy atom. The Labute approximate surface area is 338 Å². The second-order valence-electron chi connectivity index (χ2n) is 13.4. The predicted octanol–water partition coefficient (Wildman–Crippen LogP) is 10.2. The monoisotopic (exact) mass is 886 g/mol. The highest BCUT2D eigenvalue weighted by atomic mass is 79.9. The molecule has 2 atom stereocenters. The van der Waals surface area contributed by atoms with Crippen LogP contribution in [0.1, 0.15) is 60.3 Å². The van der Waals surface area contributed by atoms with Gasteiger partial charge in [0.1, 0.15) is 18.2 Å². The van der Waals surface area contributed by atoms with E-state index < -0.39 is 6.09 Å². The van der Waals surface area contributed by atoms with Gasteiger partial charge in [0.2, 0.25) is 5.43 Å². The fraction of sp³-hybridized carbons (Fsp3) is 0.238. The number of pyridine rings is 2. The Hall–Kier alpha value is -4.91. The molecule has 2 aliphatic heterocycles. The number of nitrogens with one attached hydrogen (secondary N) is 2. The second kappa shape index (κ2) is 17.3. The van der Waals surface area contributed by atoms with Gasteiger partial charge in [-0.3, -0.25) is 19.4 Å². The number of aromatic amines is 2. The van der Waals surface area contributed by atoms with Crippen molar-refractivity contribution in [2.24, 2.45) is 0 Å². The Kier molecular flexibility index (Phi) is 12.0. The molecule has 0 saturated carbocycles. The summed E-state index contributed by atoms with van der Waals surface area (Å²) < 4.78 is 12.7. The summed E-state index contributed by atoms with van der Waals surface area (Å²) in [7, 11) is 0. The van der Waals surface area contributed by atoms with Crippen LogP contribution in [0.15, 0.2) is 122 Å². The number of aromatic nitrogens is 2. The highest BCUT2D eigenvalue weighted by molar-refractivity contribution is 9.10. The van der Waals surface area contributed by atoms with E-state index in [1.54, 1.807) is 34.1 Å². The number of fused-ring (bicyclic) bond motifs is 2. The summed E-state index contributed by atoms with van der Waals surface area (Å²) in [6.07, 6.45) is 2.46. The molecule has 282 valence electrons. The molecule has 2 aromatic heterocycles. The molecule has 13 heteroatoms. The topological polar surface area (TPSA) is 125 Å². The van der Waals surface area contributed by atoms with Crippen LogP contribution in [0.3, 0.4) is 0 Å². The summed E-state index contributed by atoms with van der Waals surface area (Å²) in [5.41, 5.74) is 4.35. The van der Waals surface area contributed by atoms with Crippen molar-refractivity contribution in [2.45, 2.75) is 51.0 Å². The fourth-order valence-corrected chi connectivity index (χ4v) is 8.11. The largest absolute Gasteiger partial charge is 0.445 e. The van der Waals surface area contributed by atoms with Crippen LogP contribution in [0.25, 0.3) is 21.8 Å². The summed E-state index contributed by atoms with van der Waals surface area (Å²) in [6, 6.07) is 31.1. The maximum Gasteiger partial charge on any atom is 0.410 e. The van der Waals surface area contributed by atoms with E-state index in [0.29, 0.717) is 35.1 Å². The second-order valence-corrected chi connectivity index (χ2v) is 15.6. The Morgan fingerprint density at radius 2 is 1.18 bits per heavy atom. The van der Waals surface area contributed by atoms with Gasteiger partial charge in [-0.1, -0.05) is 104 Å². The predicted molar refractivity (Wildman–Crippen MR) is 220 cm³/mol. The lowest BCUT2D eigenvalue weighted by molar-refractivity contribution is 0.0908. The van der Waals surface area contributed by atoms with Crippen LogP contribution in [0.5, 0.6) is 0 Å². The number of rotatable bonds is 6. The van der Waals surface area contributed by atoms with Crippen molar-refractivity contribution in [2.75, 3.05) is 13.1 Å². The van der Waals surface area contributed by atoms with Crippen molar-refractivity contribution in [1.29, 1.82) is 0 Å². The summed E-state index contributed by atoms with van der Waals surface area (Å²) in [4.78, 5) is 60.4. The number of nitrogens with zero attached hydrogens (tertiary/aromatic N) is 2. The number of likely N-dealkylation sites (tertiary alicyclic amines) is 2. The Balaban J connectivity index is 0.000000169. The average molecular weight is 889 g/mol. The van der Waals surface area contributed by atoms with Crippen LogP contribution < -0.4 is 10.9 Å². The summed E-state index contributed by atoms with van der Waals surface area (Å²) in [5, 5.41) is 1.29. The minimum Gasteiger partial charge on any atom is -0.445 e. The van der Waals surface area contributed by atoms with Crippen LogP contribution in [0.2, 0.25) is 5.02 Å². The van der Waals surface area contributed by atoms with E-state index in [-0.39, 0.29) is 47.3 Å². The molecule has 2 aliphatic rings. The number of benzene rings is 4. The number of amides is 2. The van der Waals surface area contributed by atoms with Gasteiger partial charge in [0.05, 0.1) is 28.8 Å². The van der Waals surface area contributed by atoms with Crippen LogP contribution in [-0.2, 0) is 22.7 Å². The van der Waals surface area contributed by atoms with Crippen molar-refractivity contribution < 1.29 is 19.1 Å². The van der Waals surface area contributed by atoms with Gasteiger partial charge >= 0.3 is 12.2 Å². The van der Waals surface area contributed by atoms with E-state index in [2.05, 4.69) is 41.8 Å². The van der Waals surface area contributed by atoms with Gasteiger partial charge in [-0.05, 0) is 73.2 Å². The Morgan fingerprint density at radius 3 is 1.76 bits per heavy atom. The quantitative estimate of drug-likeness (QED) is 0.172. The summed E-state index contributed by atoms with van der Waals surface area (Å²) in [6.45, 7) is 1.63. The van der Waals surface area contributed by atoms with Gasteiger partial charge in [-0.25, -0.2) is 9.59 Å². The summed E-state index contributed by atoms with van der Waals surface area (Å²) >= 11 is 13.3. The maximum atomic E-state index is 12.7. The highest BCUT2D eigenvalue weighted by Crippen LogP contribution is 2.36. The number of halogens is 3. The smallest absolute Gasteiger partial charge is 0.410 e. The van der Waals surface area contributed by atoms with Gasteiger partial charge in [0.15, 0.2) is 5.43 Å². The molecular formula is C42H37Br2ClN4O6. The number of carbonyl (C=O) groups is 2. The van der Waals surface area contributed by atoms with E-state index in [1.165, 1.54) is 0 Å². The van der Waals surface area contributed by atoms with Gasteiger partial charge < -0.3 is 19.4 Å². The third kappa shape index (κ3) is 8.82. The number of ether oxygens (including phenoxy) is 2. The lowest BCUT2D eigenvalue weighted by Crippen LogP contribution is -2.32. The maximum absolute atomic E-state index is 12.7. The zero-order valence-electron chi connectivity index (χ0n) is 29.6. The molecule has 2 N–H and O–H groups in total. The van der Waals surface area contributed by atoms with Gasteiger partial charge in [-0.15, -0.1) is 0 Å². The highest BCUT2D eigenvalue weighted by Gasteiger charge is 2.34. The van der Waals surface area contributed by atoms with Crippen LogP contribution in [0, 0.1) is 0 Å². The van der Waals surface area contributed by atoms with E-state index in [4.69, 9.17) is 21.1 Å². The van der Waals surface area contributed by atoms with Crippen molar-refractivity contribution in [3.05, 3.63) is 160 Å². The van der Waals surface area contributed by atoms with Crippen molar-refractivity contribution in [3.8, 4) is 0 Å². The molecule has 0 radical (unpaired) electrons. The molecule has 6 aromatic rings. The molecule has 2 fully saturated rings. The average Bonchev–Trinajstić information content (AvgIpc) is 3.90. The lowest BCUT2D eigenvalue weighted by atomic mass is 10.1. The third-order valence-electron chi connectivity index (χ3n) is 9.82. The minimum atomic E-state index is -0.405. The van der Waals surface area contributed by atoms with E-state index in [9.17, 15) is 19.2 Å². The molecule has 4 aromatic carbocycles. The molecule has 55 heavy (non-hydrogen) atoms. The van der Waals surface area contributed by atoms with Crippen LogP contribution in [0.4, 0.5) is 9.59 Å². The first-order valence-corrected chi connectivity index (χ1v) is 19.9. The Bertz CT molecular complexity index is 2460. The molecule has 0 aliphatic carbocycles. The third-order valence-corrected chi connectivity index (χ3v) is 11.2. The number of hydrogen-bond donors (Lipinski definition) is 2. The van der Waals surface area contributed by atoms with E-state index in [0.717, 1.165) is 57.0 Å². The lowest BCUT2D eigenvalue weighted by Gasteiger charge is -2.25. The van der Waals surface area contributed by atoms with Crippen molar-refractivity contribution >= 4 is 77.5 Å². The van der Waals surface area contributed by atoms with Crippen LogP contribution >= 0.6 is 43.5 Å². The molecule has 0 spiro atoms. The standard InChI is InChI=1S/C21H18BrClN2O3.C21H19BrN2O3/c22-14-8-9-15-16(11-14)24-19(18(23)20(15)26)17-7-4-10-25(17)21(27)28-12-13-5-2-1-3-6-13;22-15-8-9-16-17(11-15)23-18(12-20(16)25)19-7-4-10-24(19)21(26)27-13-14-5-2-1-3-6-14/h1-3,5-6,8-9,11,17H,4,7,10,12H2,(H,24,26);1-3,5-6,8-9,11-12,19H,4,7,10,13H2,(H,23,25).